The Labute approximate surface area is 89.5 Å². The van der Waals surface area contributed by atoms with Gasteiger partial charge < -0.3 is 0 Å². The van der Waals surface area contributed by atoms with E-state index in [1.807, 2.05) is 0 Å². The monoisotopic (exact) mass is 260 g/mol. The van der Waals surface area contributed by atoms with Gasteiger partial charge in [0.05, 0.1) is 6.61 Å². The first-order valence-electron chi connectivity index (χ1n) is 4.37. The highest BCUT2D eigenvalue weighted by atomic mass is 19.4. The van der Waals surface area contributed by atoms with Gasteiger partial charge in [0.25, 0.3) is 0 Å². The molecular formula is C8H15F7O. The molecule has 0 aromatic heterocycles. The molecular weight excluding hydrogens is 245 g/mol. The SMILES string of the molecule is CCCC(F)C(F)(F)F.CCOF.FCF. The molecule has 1 unspecified atom stereocenters. The molecule has 102 valence electrons. The molecule has 0 saturated heterocycles. The van der Waals surface area contributed by atoms with Gasteiger partial charge in [-0.15, -0.1) is 0 Å². The van der Waals surface area contributed by atoms with Gasteiger partial charge in [-0.3, -0.25) is 0 Å². The standard InChI is InChI=1S/C5H8F4.C2H5FO.CH2F2/c1-2-3-4(6)5(7,8)9;1-2-4-3;2-1-3/h4H,2-3H2,1H3;2H2,1H3;1H2. The lowest BCUT2D eigenvalue weighted by Gasteiger charge is -2.09. The van der Waals surface area contributed by atoms with E-state index in [0.29, 0.717) is 0 Å². The lowest BCUT2D eigenvalue weighted by Crippen LogP contribution is -2.23. The molecule has 1 atom stereocenters. The van der Waals surface area contributed by atoms with E-state index in [0.717, 1.165) is 0 Å². The molecule has 0 saturated carbocycles. The topological polar surface area (TPSA) is 9.23 Å². The largest absolute Gasteiger partial charge is 0.419 e. The molecule has 0 radical (unpaired) electrons. The van der Waals surface area contributed by atoms with Gasteiger partial charge in [0, 0.05) is 0 Å². The Morgan fingerprint density at radius 2 is 1.44 bits per heavy atom. The highest BCUT2D eigenvalue weighted by Gasteiger charge is 2.38. The second-order valence-electron chi connectivity index (χ2n) is 2.30. The summed E-state index contributed by atoms with van der Waals surface area (Å²) in [6.45, 7) is 1.50. The van der Waals surface area contributed by atoms with Crippen molar-refractivity contribution in [2.24, 2.45) is 0 Å². The van der Waals surface area contributed by atoms with Gasteiger partial charge in [0.15, 0.2) is 6.17 Å². The van der Waals surface area contributed by atoms with Crippen molar-refractivity contribution >= 4 is 0 Å². The van der Waals surface area contributed by atoms with Crippen LogP contribution in [0.3, 0.4) is 0 Å². The van der Waals surface area contributed by atoms with Crippen LogP contribution in [-0.2, 0) is 4.94 Å². The van der Waals surface area contributed by atoms with E-state index in [1.54, 1.807) is 6.92 Å². The molecule has 0 heterocycles. The van der Waals surface area contributed by atoms with E-state index in [4.69, 9.17) is 0 Å². The highest BCUT2D eigenvalue weighted by molar-refractivity contribution is 4.63. The van der Waals surface area contributed by atoms with Crippen molar-refractivity contribution in [1.29, 1.82) is 0 Å². The average molecular weight is 260 g/mol. The zero-order valence-corrected chi connectivity index (χ0v) is 8.96. The van der Waals surface area contributed by atoms with Gasteiger partial charge in [-0.2, -0.15) is 18.1 Å². The Morgan fingerprint density at radius 1 is 1.12 bits per heavy atom. The van der Waals surface area contributed by atoms with Crippen LogP contribution >= 0.6 is 0 Å². The zero-order valence-electron chi connectivity index (χ0n) is 8.96. The fourth-order valence-corrected chi connectivity index (χ4v) is 0.417. The Kier molecular flexibility index (Phi) is 18.8. The number of halogens is 7. The maximum Gasteiger partial charge on any atom is 0.419 e. The molecule has 0 rings (SSSR count). The zero-order chi connectivity index (χ0) is 13.6. The van der Waals surface area contributed by atoms with Crippen LogP contribution in [0.4, 0.5) is 30.9 Å². The first-order chi connectivity index (χ1) is 7.31. The fourth-order valence-electron chi connectivity index (χ4n) is 0.417. The first-order valence-corrected chi connectivity index (χ1v) is 4.37. The molecule has 16 heavy (non-hydrogen) atoms. The quantitative estimate of drug-likeness (QED) is 0.680. The molecule has 0 spiro atoms. The summed E-state index contributed by atoms with van der Waals surface area (Å²) in [4.78, 5) is 3.04. The lowest BCUT2D eigenvalue weighted by atomic mass is 10.2. The molecule has 0 bridgehead atoms. The summed E-state index contributed by atoms with van der Waals surface area (Å²) in [5.74, 6) is 0. The molecule has 8 heteroatoms. The summed E-state index contributed by atoms with van der Waals surface area (Å²) in [5.41, 5.74) is 0. The smallest absolute Gasteiger partial charge is 0.237 e. The van der Waals surface area contributed by atoms with Crippen molar-refractivity contribution < 1.29 is 35.8 Å². The van der Waals surface area contributed by atoms with Crippen LogP contribution in [0.15, 0.2) is 0 Å². The summed E-state index contributed by atoms with van der Waals surface area (Å²) < 4.78 is 75.0. The molecule has 0 aliphatic rings. The van der Waals surface area contributed by atoms with E-state index in [2.05, 4.69) is 4.94 Å². The van der Waals surface area contributed by atoms with Crippen LogP contribution in [0, 0.1) is 0 Å². The van der Waals surface area contributed by atoms with Crippen molar-refractivity contribution in [2.75, 3.05) is 13.5 Å². The first kappa shape index (κ1) is 20.8. The van der Waals surface area contributed by atoms with E-state index < -0.39 is 25.7 Å². The van der Waals surface area contributed by atoms with Crippen molar-refractivity contribution in [2.45, 2.75) is 39.0 Å². The predicted octanol–water partition coefficient (Wildman–Crippen LogP) is 4.48. The van der Waals surface area contributed by atoms with Crippen molar-refractivity contribution in [3.05, 3.63) is 0 Å². The molecule has 0 fully saturated rings. The van der Waals surface area contributed by atoms with E-state index in [1.165, 1.54) is 6.92 Å². The maximum absolute atomic E-state index is 11.8. The maximum atomic E-state index is 11.8. The number of hydrogen-bond acceptors (Lipinski definition) is 1. The Bertz CT molecular complexity index is 115. The van der Waals surface area contributed by atoms with Gasteiger partial charge in [-0.1, -0.05) is 13.3 Å². The van der Waals surface area contributed by atoms with Crippen LogP contribution in [0.25, 0.3) is 0 Å². The molecule has 0 amide bonds. The second-order valence-corrected chi connectivity index (χ2v) is 2.30. The fraction of sp³-hybridized carbons (Fsp3) is 1.00. The van der Waals surface area contributed by atoms with E-state index in [9.17, 15) is 30.9 Å². The van der Waals surface area contributed by atoms with Crippen LogP contribution in [-0.4, -0.2) is 25.9 Å². The predicted molar refractivity (Wildman–Crippen MR) is 45.7 cm³/mol. The van der Waals surface area contributed by atoms with E-state index in [-0.39, 0.29) is 13.0 Å². The summed E-state index contributed by atoms with van der Waals surface area (Å²) in [6.07, 6.45) is -7.50. The second kappa shape index (κ2) is 14.5. The summed E-state index contributed by atoms with van der Waals surface area (Å²) in [5, 5.41) is 0. The Balaban J connectivity index is -0.000000201. The average Bonchev–Trinajstić information content (AvgIpc) is 2.18. The summed E-state index contributed by atoms with van der Waals surface area (Å²) in [6, 6.07) is 0. The third kappa shape index (κ3) is 23.4. The number of alkyl halides is 6. The van der Waals surface area contributed by atoms with Gasteiger partial charge in [-0.05, 0) is 17.9 Å². The molecule has 0 N–H and O–H groups in total. The van der Waals surface area contributed by atoms with Crippen LogP contribution in [0.1, 0.15) is 26.7 Å². The molecule has 0 aliphatic carbocycles. The third-order valence-corrected chi connectivity index (χ3v) is 1.01. The third-order valence-electron chi connectivity index (χ3n) is 1.01. The molecule has 0 aromatic carbocycles. The Morgan fingerprint density at radius 3 is 1.50 bits per heavy atom. The number of hydrogen-bond donors (Lipinski definition) is 0. The van der Waals surface area contributed by atoms with Crippen molar-refractivity contribution in [3.8, 4) is 0 Å². The van der Waals surface area contributed by atoms with Gasteiger partial charge >= 0.3 is 6.18 Å². The molecule has 0 aliphatic heterocycles. The number of rotatable bonds is 3. The van der Waals surface area contributed by atoms with Crippen LogP contribution < -0.4 is 0 Å². The van der Waals surface area contributed by atoms with Crippen LogP contribution in [0.5, 0.6) is 0 Å². The minimum Gasteiger partial charge on any atom is -0.237 e. The van der Waals surface area contributed by atoms with Crippen LogP contribution in [0.2, 0.25) is 0 Å². The van der Waals surface area contributed by atoms with Crippen molar-refractivity contribution in [3.63, 3.8) is 0 Å². The molecule has 0 aromatic rings. The molecule has 1 nitrogen and oxygen atoms in total. The summed E-state index contributed by atoms with van der Waals surface area (Å²) >= 11 is 0. The highest BCUT2D eigenvalue weighted by Crippen LogP contribution is 2.25. The summed E-state index contributed by atoms with van der Waals surface area (Å²) in [7, 11) is 0. The minimum absolute atomic E-state index is 0.153. The minimum atomic E-state index is -4.66. The Hall–Kier alpha value is -0.530. The van der Waals surface area contributed by atoms with Crippen molar-refractivity contribution in [1.82, 2.24) is 0 Å². The van der Waals surface area contributed by atoms with E-state index >= 15 is 0 Å². The van der Waals surface area contributed by atoms with Gasteiger partial charge in [-0.25, -0.2) is 13.2 Å². The lowest BCUT2D eigenvalue weighted by molar-refractivity contribution is -0.181. The van der Waals surface area contributed by atoms with Gasteiger partial charge in [0.1, 0.15) is 0 Å². The normalized spacial score (nSPS) is 11.8. The van der Waals surface area contributed by atoms with Gasteiger partial charge in [0.2, 0.25) is 6.93 Å².